The van der Waals surface area contributed by atoms with Crippen molar-refractivity contribution in [1.82, 2.24) is 10.4 Å². The van der Waals surface area contributed by atoms with Crippen molar-refractivity contribution in [2.45, 2.75) is 12.5 Å². The van der Waals surface area contributed by atoms with Crippen LogP contribution in [0.5, 0.6) is 0 Å². The van der Waals surface area contributed by atoms with Crippen LogP contribution in [0.25, 0.3) is 0 Å². The van der Waals surface area contributed by atoms with Gasteiger partial charge in [0.25, 0.3) is 0 Å². The summed E-state index contributed by atoms with van der Waals surface area (Å²) in [6.07, 6.45) is 1.10. The van der Waals surface area contributed by atoms with E-state index in [9.17, 15) is 0 Å². The third-order valence-electron chi connectivity index (χ3n) is 1.41. The highest BCUT2D eigenvalue weighted by molar-refractivity contribution is 4.69. The van der Waals surface area contributed by atoms with E-state index in [1.54, 1.807) is 0 Å². The van der Waals surface area contributed by atoms with Gasteiger partial charge in [-0.05, 0) is 6.42 Å². The molecule has 1 unspecified atom stereocenters. The molecule has 48 valence electrons. The predicted molar refractivity (Wildman–Crippen MR) is 33.2 cm³/mol. The molecule has 0 aromatic heterocycles. The Labute approximate surface area is 49.8 Å². The molecule has 1 fully saturated rings. The number of likely N-dealkylation sites (N-methyl/N-ethyl adjacent to an activating group) is 1. The molecule has 0 amide bonds. The van der Waals surface area contributed by atoms with Crippen LogP contribution in [0.4, 0.5) is 0 Å². The first-order valence-electron chi connectivity index (χ1n) is 2.99. The molecule has 1 heterocycles. The summed E-state index contributed by atoms with van der Waals surface area (Å²) in [6.45, 7) is 2.00. The van der Waals surface area contributed by atoms with E-state index in [2.05, 4.69) is 5.43 Å². The zero-order valence-corrected chi connectivity index (χ0v) is 5.22. The molecule has 3 nitrogen and oxygen atoms in total. The van der Waals surface area contributed by atoms with Crippen molar-refractivity contribution in [3.8, 4) is 0 Å². The molecule has 0 radical (unpaired) electrons. The van der Waals surface area contributed by atoms with E-state index in [4.69, 9.17) is 5.73 Å². The van der Waals surface area contributed by atoms with E-state index in [0.29, 0.717) is 6.04 Å². The van der Waals surface area contributed by atoms with Gasteiger partial charge in [0.15, 0.2) is 0 Å². The summed E-state index contributed by atoms with van der Waals surface area (Å²) in [4.78, 5) is 0. The Hall–Kier alpha value is -0.120. The van der Waals surface area contributed by atoms with Gasteiger partial charge in [-0.15, -0.1) is 0 Å². The fourth-order valence-electron chi connectivity index (χ4n) is 0.948. The van der Waals surface area contributed by atoms with Gasteiger partial charge in [-0.2, -0.15) is 0 Å². The normalized spacial score (nSPS) is 33.0. The molecule has 0 aromatic rings. The van der Waals surface area contributed by atoms with Crippen LogP contribution in [0.2, 0.25) is 0 Å². The molecule has 1 saturated heterocycles. The lowest BCUT2D eigenvalue weighted by atomic mass is 10.2. The maximum atomic E-state index is 5.64. The SMILES string of the molecule is CN1CC(N)CCN1. The van der Waals surface area contributed by atoms with Crippen LogP contribution in [0.15, 0.2) is 0 Å². The lowest BCUT2D eigenvalue weighted by molar-refractivity contribution is 0.177. The van der Waals surface area contributed by atoms with Gasteiger partial charge in [-0.3, -0.25) is 5.43 Å². The number of nitrogens with two attached hydrogens (primary N) is 1. The van der Waals surface area contributed by atoms with Crippen molar-refractivity contribution in [3.63, 3.8) is 0 Å². The summed E-state index contributed by atoms with van der Waals surface area (Å²) >= 11 is 0. The van der Waals surface area contributed by atoms with Crippen molar-refractivity contribution in [2.75, 3.05) is 20.1 Å². The second-order valence-electron chi connectivity index (χ2n) is 2.34. The zero-order chi connectivity index (χ0) is 5.98. The van der Waals surface area contributed by atoms with Crippen LogP contribution in [-0.4, -0.2) is 31.2 Å². The standard InChI is InChI=1S/C5H13N3/c1-8-4-5(6)2-3-7-8/h5,7H,2-4,6H2,1H3. The molecule has 0 aliphatic carbocycles. The molecule has 8 heavy (non-hydrogen) atoms. The van der Waals surface area contributed by atoms with Crippen LogP contribution in [-0.2, 0) is 0 Å². The Kier molecular flexibility index (Phi) is 1.83. The number of hydrogen-bond donors (Lipinski definition) is 2. The maximum Gasteiger partial charge on any atom is 0.0280 e. The molecule has 1 atom stereocenters. The third-order valence-corrected chi connectivity index (χ3v) is 1.41. The van der Waals surface area contributed by atoms with Crippen LogP contribution < -0.4 is 11.2 Å². The molecular weight excluding hydrogens is 102 g/mol. The third kappa shape index (κ3) is 1.43. The Bertz CT molecular complexity index is 66.1. The number of hydrogen-bond acceptors (Lipinski definition) is 3. The van der Waals surface area contributed by atoms with Gasteiger partial charge in [-0.25, -0.2) is 5.01 Å². The Morgan fingerprint density at radius 1 is 1.75 bits per heavy atom. The zero-order valence-electron chi connectivity index (χ0n) is 5.22. The van der Waals surface area contributed by atoms with Gasteiger partial charge >= 0.3 is 0 Å². The molecule has 0 saturated carbocycles. The number of nitrogens with one attached hydrogen (secondary N) is 1. The highest BCUT2D eigenvalue weighted by Gasteiger charge is 2.10. The number of rotatable bonds is 0. The average Bonchev–Trinajstić information content (AvgIpc) is 1.64. The molecule has 1 rings (SSSR count). The van der Waals surface area contributed by atoms with E-state index >= 15 is 0 Å². The summed E-state index contributed by atoms with van der Waals surface area (Å²) in [5, 5.41) is 2.04. The van der Waals surface area contributed by atoms with Crippen LogP contribution in [0.3, 0.4) is 0 Å². The molecule has 0 bridgehead atoms. The van der Waals surface area contributed by atoms with E-state index in [0.717, 1.165) is 19.5 Å². The summed E-state index contributed by atoms with van der Waals surface area (Å²) in [6, 6.07) is 0.376. The van der Waals surface area contributed by atoms with E-state index in [1.165, 1.54) is 0 Å². The minimum absolute atomic E-state index is 0.376. The Balaban J connectivity index is 2.23. The van der Waals surface area contributed by atoms with Gasteiger partial charge in [0.2, 0.25) is 0 Å². The Morgan fingerprint density at radius 3 is 2.88 bits per heavy atom. The largest absolute Gasteiger partial charge is 0.326 e. The lowest BCUT2D eigenvalue weighted by Gasteiger charge is -2.27. The topological polar surface area (TPSA) is 41.3 Å². The first-order valence-corrected chi connectivity index (χ1v) is 2.99. The molecule has 3 heteroatoms. The molecule has 0 aromatic carbocycles. The minimum Gasteiger partial charge on any atom is -0.326 e. The van der Waals surface area contributed by atoms with Gasteiger partial charge in [0.1, 0.15) is 0 Å². The second-order valence-corrected chi connectivity index (χ2v) is 2.34. The van der Waals surface area contributed by atoms with Crippen molar-refractivity contribution in [3.05, 3.63) is 0 Å². The van der Waals surface area contributed by atoms with Gasteiger partial charge in [0, 0.05) is 26.2 Å². The van der Waals surface area contributed by atoms with Gasteiger partial charge in [0.05, 0.1) is 0 Å². The monoisotopic (exact) mass is 115 g/mol. The van der Waals surface area contributed by atoms with Gasteiger partial charge in [-0.1, -0.05) is 0 Å². The highest BCUT2D eigenvalue weighted by Crippen LogP contribution is 1.94. The highest BCUT2D eigenvalue weighted by atomic mass is 15.5. The van der Waals surface area contributed by atoms with E-state index in [-0.39, 0.29) is 0 Å². The second kappa shape index (κ2) is 2.44. The summed E-state index contributed by atoms with van der Waals surface area (Å²) in [5.74, 6) is 0. The first-order chi connectivity index (χ1) is 3.79. The molecular formula is C5H13N3. The number of nitrogens with zero attached hydrogens (tertiary/aromatic N) is 1. The summed E-state index contributed by atoms with van der Waals surface area (Å²) < 4.78 is 0. The molecule has 0 spiro atoms. The smallest absolute Gasteiger partial charge is 0.0280 e. The average molecular weight is 115 g/mol. The van der Waals surface area contributed by atoms with Crippen molar-refractivity contribution in [1.29, 1.82) is 0 Å². The first kappa shape index (κ1) is 6.01. The maximum absolute atomic E-state index is 5.64. The quantitative estimate of drug-likeness (QED) is 0.432. The van der Waals surface area contributed by atoms with Crippen LogP contribution in [0, 0.1) is 0 Å². The van der Waals surface area contributed by atoms with Gasteiger partial charge < -0.3 is 5.73 Å². The van der Waals surface area contributed by atoms with E-state index < -0.39 is 0 Å². The molecule has 1 aliphatic rings. The predicted octanol–water partition coefficient (Wildman–Crippen LogP) is -0.846. The minimum atomic E-state index is 0.376. The fraction of sp³-hybridized carbons (Fsp3) is 1.00. The van der Waals surface area contributed by atoms with Crippen molar-refractivity contribution in [2.24, 2.45) is 5.73 Å². The molecule has 3 N–H and O–H groups in total. The lowest BCUT2D eigenvalue weighted by Crippen LogP contribution is -2.49. The van der Waals surface area contributed by atoms with Crippen LogP contribution in [0.1, 0.15) is 6.42 Å². The van der Waals surface area contributed by atoms with Crippen LogP contribution >= 0.6 is 0 Å². The van der Waals surface area contributed by atoms with Crippen molar-refractivity contribution < 1.29 is 0 Å². The fourth-order valence-corrected chi connectivity index (χ4v) is 0.948. The van der Waals surface area contributed by atoms with Crippen molar-refractivity contribution >= 4 is 0 Å². The Morgan fingerprint density at radius 2 is 2.50 bits per heavy atom. The summed E-state index contributed by atoms with van der Waals surface area (Å²) in [5.41, 5.74) is 8.81. The van der Waals surface area contributed by atoms with E-state index in [1.807, 2.05) is 12.1 Å². The summed E-state index contributed by atoms with van der Waals surface area (Å²) in [7, 11) is 2.01. The number of hydrazine groups is 1. The molecule has 1 aliphatic heterocycles.